The first-order chi connectivity index (χ1) is 13.0. The number of nitrogens with zero attached hydrogens (tertiary/aromatic N) is 1. The fourth-order valence-electron chi connectivity index (χ4n) is 3.30. The van der Waals surface area contributed by atoms with Gasteiger partial charge in [0.15, 0.2) is 0 Å². The average Bonchev–Trinajstić information content (AvgIpc) is 2.96. The highest BCUT2D eigenvalue weighted by Gasteiger charge is 2.19. The Morgan fingerprint density at radius 2 is 1.59 bits per heavy atom. The molecular weight excluding hydrogens is 360 g/mol. The molecule has 1 aliphatic heterocycles. The van der Waals surface area contributed by atoms with E-state index in [0.717, 1.165) is 49.9 Å². The molecule has 144 valence electrons. The van der Waals surface area contributed by atoms with Crippen molar-refractivity contribution in [2.45, 2.75) is 44.0 Å². The van der Waals surface area contributed by atoms with Crippen molar-refractivity contribution in [2.75, 3.05) is 13.1 Å². The maximum atomic E-state index is 12.6. The second kappa shape index (κ2) is 8.67. The molecule has 0 aliphatic carbocycles. The van der Waals surface area contributed by atoms with Gasteiger partial charge in [-0.05, 0) is 55.2 Å². The Balaban J connectivity index is 1.68. The second-order valence-corrected chi connectivity index (χ2v) is 8.75. The van der Waals surface area contributed by atoms with Crippen LogP contribution in [0, 0.1) is 6.92 Å². The Hall–Kier alpha value is -2.18. The molecule has 0 atom stereocenters. The van der Waals surface area contributed by atoms with Crippen LogP contribution in [-0.2, 0) is 16.6 Å². The van der Waals surface area contributed by atoms with E-state index in [9.17, 15) is 13.2 Å². The standard InChI is InChI=1S/C21H26N2O3S/c1-17-8-4-5-9-19(17)16-22-27(25,26)20-12-10-18(11-13-20)21(24)23-14-6-2-3-7-15-23/h4-5,8-13,22H,2-3,6-7,14-16H2,1H3. The summed E-state index contributed by atoms with van der Waals surface area (Å²) >= 11 is 0. The fraction of sp³-hybridized carbons (Fsp3) is 0.381. The molecule has 0 unspecified atom stereocenters. The number of hydrogen-bond acceptors (Lipinski definition) is 3. The Morgan fingerprint density at radius 3 is 2.22 bits per heavy atom. The smallest absolute Gasteiger partial charge is 0.253 e. The maximum Gasteiger partial charge on any atom is 0.253 e. The van der Waals surface area contributed by atoms with Crippen molar-refractivity contribution >= 4 is 15.9 Å². The number of hydrogen-bond donors (Lipinski definition) is 1. The molecule has 27 heavy (non-hydrogen) atoms. The SMILES string of the molecule is Cc1ccccc1CNS(=O)(=O)c1ccc(C(=O)N2CCCCCC2)cc1. The summed E-state index contributed by atoms with van der Waals surface area (Å²) in [4.78, 5) is 14.7. The quantitative estimate of drug-likeness (QED) is 0.855. The second-order valence-electron chi connectivity index (χ2n) is 6.98. The van der Waals surface area contributed by atoms with Gasteiger partial charge in [-0.25, -0.2) is 13.1 Å². The summed E-state index contributed by atoms with van der Waals surface area (Å²) in [6.07, 6.45) is 4.38. The van der Waals surface area contributed by atoms with Gasteiger partial charge in [-0.1, -0.05) is 37.1 Å². The van der Waals surface area contributed by atoms with Crippen molar-refractivity contribution in [3.05, 3.63) is 65.2 Å². The molecule has 0 aromatic heterocycles. The van der Waals surface area contributed by atoms with Gasteiger partial charge < -0.3 is 4.90 Å². The minimum absolute atomic E-state index is 0.0197. The molecule has 0 bridgehead atoms. The zero-order valence-corrected chi connectivity index (χ0v) is 16.5. The van der Waals surface area contributed by atoms with Crippen LogP contribution in [0.5, 0.6) is 0 Å². The lowest BCUT2D eigenvalue weighted by atomic mass is 10.1. The number of carbonyl (C=O) groups excluding carboxylic acids is 1. The van der Waals surface area contributed by atoms with Crippen molar-refractivity contribution < 1.29 is 13.2 Å². The Labute approximate surface area is 161 Å². The van der Waals surface area contributed by atoms with Gasteiger partial charge in [-0.15, -0.1) is 0 Å². The molecule has 5 nitrogen and oxygen atoms in total. The van der Waals surface area contributed by atoms with E-state index in [4.69, 9.17) is 0 Å². The monoisotopic (exact) mass is 386 g/mol. The lowest BCUT2D eigenvalue weighted by Crippen LogP contribution is -2.31. The molecule has 1 fully saturated rings. The Kier molecular flexibility index (Phi) is 6.29. The predicted molar refractivity (Wildman–Crippen MR) is 106 cm³/mol. The summed E-state index contributed by atoms with van der Waals surface area (Å²) in [5, 5.41) is 0. The Bertz CT molecular complexity index is 884. The topological polar surface area (TPSA) is 66.5 Å². The molecule has 1 amide bonds. The van der Waals surface area contributed by atoms with Crippen LogP contribution in [0.4, 0.5) is 0 Å². The first kappa shape index (κ1) is 19.6. The van der Waals surface area contributed by atoms with Crippen molar-refractivity contribution in [2.24, 2.45) is 0 Å². The highest BCUT2D eigenvalue weighted by atomic mass is 32.2. The number of likely N-dealkylation sites (tertiary alicyclic amines) is 1. The number of benzene rings is 2. The molecule has 1 saturated heterocycles. The molecule has 1 N–H and O–H groups in total. The van der Waals surface area contributed by atoms with E-state index < -0.39 is 10.0 Å². The van der Waals surface area contributed by atoms with Crippen LogP contribution in [0.1, 0.15) is 47.2 Å². The first-order valence-corrected chi connectivity index (χ1v) is 10.9. The number of carbonyl (C=O) groups is 1. The molecule has 1 heterocycles. The summed E-state index contributed by atoms with van der Waals surface area (Å²) in [6, 6.07) is 13.9. The highest BCUT2D eigenvalue weighted by molar-refractivity contribution is 7.89. The molecular formula is C21H26N2O3S. The van der Waals surface area contributed by atoms with Crippen LogP contribution in [0.15, 0.2) is 53.4 Å². The van der Waals surface area contributed by atoms with E-state index in [0.29, 0.717) is 5.56 Å². The third kappa shape index (κ3) is 4.96. The Morgan fingerprint density at radius 1 is 0.963 bits per heavy atom. The molecule has 6 heteroatoms. The van der Waals surface area contributed by atoms with E-state index in [2.05, 4.69) is 4.72 Å². The molecule has 0 radical (unpaired) electrons. The average molecular weight is 387 g/mol. The number of rotatable bonds is 5. The zero-order chi connectivity index (χ0) is 19.3. The molecule has 1 aliphatic rings. The van der Waals surface area contributed by atoms with Crippen molar-refractivity contribution in [3.8, 4) is 0 Å². The number of aryl methyl sites for hydroxylation is 1. The van der Waals surface area contributed by atoms with Gasteiger partial charge in [0.05, 0.1) is 4.90 Å². The van der Waals surface area contributed by atoms with Crippen LogP contribution in [-0.4, -0.2) is 32.3 Å². The minimum Gasteiger partial charge on any atom is -0.339 e. The van der Waals surface area contributed by atoms with Gasteiger partial charge in [-0.2, -0.15) is 0 Å². The maximum absolute atomic E-state index is 12.6. The van der Waals surface area contributed by atoms with Gasteiger partial charge >= 0.3 is 0 Å². The van der Waals surface area contributed by atoms with E-state index >= 15 is 0 Å². The first-order valence-electron chi connectivity index (χ1n) is 9.41. The van der Waals surface area contributed by atoms with E-state index in [-0.39, 0.29) is 17.3 Å². The van der Waals surface area contributed by atoms with Crippen molar-refractivity contribution in [3.63, 3.8) is 0 Å². The van der Waals surface area contributed by atoms with Gasteiger partial charge in [-0.3, -0.25) is 4.79 Å². The number of nitrogens with one attached hydrogen (secondary N) is 1. The van der Waals surface area contributed by atoms with Crippen LogP contribution in [0.25, 0.3) is 0 Å². The van der Waals surface area contributed by atoms with E-state index in [1.54, 1.807) is 12.1 Å². The highest BCUT2D eigenvalue weighted by Crippen LogP contribution is 2.16. The third-order valence-electron chi connectivity index (χ3n) is 5.02. The van der Waals surface area contributed by atoms with Gasteiger partial charge in [0.1, 0.15) is 0 Å². The summed E-state index contributed by atoms with van der Waals surface area (Å²) in [7, 11) is -3.62. The molecule has 0 saturated carbocycles. The summed E-state index contributed by atoms with van der Waals surface area (Å²) in [6.45, 7) is 3.74. The summed E-state index contributed by atoms with van der Waals surface area (Å²) < 4.78 is 27.7. The number of amides is 1. The third-order valence-corrected chi connectivity index (χ3v) is 6.44. The normalized spacial score (nSPS) is 15.4. The van der Waals surface area contributed by atoms with Crippen LogP contribution < -0.4 is 4.72 Å². The predicted octanol–water partition coefficient (Wildman–Crippen LogP) is 3.49. The van der Waals surface area contributed by atoms with Crippen LogP contribution in [0.3, 0.4) is 0 Å². The molecule has 2 aromatic rings. The van der Waals surface area contributed by atoms with E-state index in [1.165, 1.54) is 12.1 Å². The molecule has 2 aromatic carbocycles. The van der Waals surface area contributed by atoms with Crippen LogP contribution in [0.2, 0.25) is 0 Å². The molecule has 0 spiro atoms. The summed E-state index contributed by atoms with van der Waals surface area (Å²) in [5.41, 5.74) is 2.52. The lowest BCUT2D eigenvalue weighted by molar-refractivity contribution is 0.0761. The van der Waals surface area contributed by atoms with E-state index in [1.807, 2.05) is 36.1 Å². The molecule has 3 rings (SSSR count). The minimum atomic E-state index is -3.62. The largest absolute Gasteiger partial charge is 0.339 e. The van der Waals surface area contributed by atoms with Gasteiger partial charge in [0.25, 0.3) is 5.91 Å². The number of sulfonamides is 1. The fourth-order valence-corrected chi connectivity index (χ4v) is 4.30. The van der Waals surface area contributed by atoms with Gasteiger partial charge in [0, 0.05) is 25.2 Å². The van der Waals surface area contributed by atoms with Crippen LogP contribution >= 0.6 is 0 Å². The van der Waals surface area contributed by atoms with Crippen molar-refractivity contribution in [1.29, 1.82) is 0 Å². The summed E-state index contributed by atoms with van der Waals surface area (Å²) in [5.74, 6) is -0.0197. The van der Waals surface area contributed by atoms with Gasteiger partial charge in [0.2, 0.25) is 10.0 Å². The lowest BCUT2D eigenvalue weighted by Gasteiger charge is -2.20. The zero-order valence-electron chi connectivity index (χ0n) is 15.6. The van der Waals surface area contributed by atoms with Crippen molar-refractivity contribution in [1.82, 2.24) is 9.62 Å².